The van der Waals surface area contributed by atoms with Crippen LogP contribution in [0.3, 0.4) is 0 Å². The molecule has 0 saturated heterocycles. The summed E-state index contributed by atoms with van der Waals surface area (Å²) < 4.78 is 4.73. The predicted molar refractivity (Wildman–Crippen MR) is 31.3 cm³/mol. The summed E-state index contributed by atoms with van der Waals surface area (Å²) in [7, 11) is 0. The molecule has 0 aliphatic rings. The van der Waals surface area contributed by atoms with E-state index in [0.29, 0.717) is 17.1 Å². The van der Waals surface area contributed by atoms with E-state index in [4.69, 9.17) is 4.42 Å². The van der Waals surface area contributed by atoms with Gasteiger partial charge in [0.2, 0.25) is 0 Å². The van der Waals surface area contributed by atoms with Gasteiger partial charge in [-0.05, 0) is 12.1 Å². The molecule has 0 saturated carbocycles. The topological polar surface area (TPSA) is 30.2 Å². The number of carbonyl (C=O) groups excluding carboxylic acids is 1. The Morgan fingerprint density at radius 3 is 2.62 bits per heavy atom. The minimum atomic E-state index is 0.315. The van der Waals surface area contributed by atoms with Crippen molar-refractivity contribution in [1.82, 2.24) is 0 Å². The van der Waals surface area contributed by atoms with Gasteiger partial charge in [-0.1, -0.05) is 0 Å². The van der Waals surface area contributed by atoms with E-state index in [1.807, 2.05) is 0 Å². The summed E-state index contributed by atoms with van der Waals surface area (Å²) in [6.07, 6.45) is 0.639. The van der Waals surface area contributed by atoms with Crippen LogP contribution in [-0.4, -0.2) is 6.29 Å². The molecule has 0 fully saturated rings. The number of carbonyl (C=O) groups is 1. The van der Waals surface area contributed by atoms with Crippen LogP contribution in [0.15, 0.2) is 21.6 Å². The van der Waals surface area contributed by atoms with Crippen molar-refractivity contribution >= 4 is 18.9 Å². The molecule has 0 N–H and O–H groups in total. The Morgan fingerprint density at radius 2 is 2.38 bits per heavy atom. The number of hydrogen-bond acceptors (Lipinski definition) is 3. The van der Waals surface area contributed by atoms with Gasteiger partial charge in [0.15, 0.2) is 17.1 Å². The molecule has 0 amide bonds. The third-order valence-corrected chi connectivity index (χ3v) is 0.969. The maximum Gasteiger partial charge on any atom is 0.185 e. The van der Waals surface area contributed by atoms with E-state index in [9.17, 15) is 4.79 Å². The molecule has 42 valence electrons. The zero-order valence-electron chi connectivity index (χ0n) is 4.00. The third kappa shape index (κ3) is 0.924. The number of thiol groups is 1. The summed E-state index contributed by atoms with van der Waals surface area (Å²) in [6.45, 7) is 0. The average molecular weight is 128 g/mol. The van der Waals surface area contributed by atoms with Gasteiger partial charge in [-0.3, -0.25) is 4.79 Å². The fourth-order valence-electron chi connectivity index (χ4n) is 0.406. The quantitative estimate of drug-likeness (QED) is 0.457. The van der Waals surface area contributed by atoms with Gasteiger partial charge in [0.1, 0.15) is 0 Å². The van der Waals surface area contributed by atoms with Crippen molar-refractivity contribution in [1.29, 1.82) is 0 Å². The van der Waals surface area contributed by atoms with Gasteiger partial charge < -0.3 is 4.42 Å². The van der Waals surface area contributed by atoms with Gasteiger partial charge in [0.05, 0.1) is 0 Å². The molecule has 3 heteroatoms. The van der Waals surface area contributed by atoms with Crippen molar-refractivity contribution in [3.8, 4) is 0 Å². The van der Waals surface area contributed by atoms with Crippen LogP contribution in [0.1, 0.15) is 10.6 Å². The van der Waals surface area contributed by atoms with Crippen LogP contribution in [0.4, 0.5) is 0 Å². The lowest BCUT2D eigenvalue weighted by molar-refractivity contribution is 0.109. The second kappa shape index (κ2) is 2.05. The summed E-state index contributed by atoms with van der Waals surface area (Å²) in [5.74, 6) is 0.315. The maximum absolute atomic E-state index is 9.89. The molecule has 1 heterocycles. The lowest BCUT2D eigenvalue weighted by Gasteiger charge is -1.74. The number of aldehydes is 1. The lowest BCUT2D eigenvalue weighted by Crippen LogP contribution is -1.65. The van der Waals surface area contributed by atoms with Gasteiger partial charge in [-0.25, -0.2) is 0 Å². The van der Waals surface area contributed by atoms with Crippen molar-refractivity contribution in [3.63, 3.8) is 0 Å². The van der Waals surface area contributed by atoms with Crippen LogP contribution < -0.4 is 0 Å². The second-order valence-electron chi connectivity index (χ2n) is 1.29. The Hall–Kier alpha value is -0.700. The number of hydrogen-bond donors (Lipinski definition) is 1. The van der Waals surface area contributed by atoms with Gasteiger partial charge in [0.25, 0.3) is 0 Å². The molecule has 0 aliphatic carbocycles. The summed E-state index contributed by atoms with van der Waals surface area (Å²) in [5, 5.41) is 0.465. The van der Waals surface area contributed by atoms with Crippen LogP contribution in [-0.2, 0) is 0 Å². The van der Waals surface area contributed by atoms with Crippen molar-refractivity contribution in [2.45, 2.75) is 5.09 Å². The maximum atomic E-state index is 9.89. The van der Waals surface area contributed by atoms with E-state index >= 15 is 0 Å². The number of rotatable bonds is 1. The predicted octanol–water partition coefficient (Wildman–Crippen LogP) is 1.38. The molecular formula is C5H4O2S. The summed E-state index contributed by atoms with van der Waals surface area (Å²) >= 11 is 3.83. The normalized spacial score (nSPS) is 9.12. The van der Waals surface area contributed by atoms with Crippen molar-refractivity contribution in [2.75, 3.05) is 0 Å². The highest BCUT2D eigenvalue weighted by atomic mass is 32.1. The second-order valence-corrected chi connectivity index (χ2v) is 1.73. The zero-order valence-corrected chi connectivity index (χ0v) is 4.89. The summed E-state index contributed by atoms with van der Waals surface area (Å²) in [4.78, 5) is 9.89. The Kier molecular flexibility index (Phi) is 1.39. The molecule has 0 spiro atoms. The van der Waals surface area contributed by atoms with Crippen molar-refractivity contribution < 1.29 is 9.21 Å². The Bertz CT molecular complexity index is 192. The molecule has 0 unspecified atom stereocenters. The average Bonchev–Trinajstić information content (AvgIpc) is 2.14. The molecule has 0 aromatic carbocycles. The van der Waals surface area contributed by atoms with Crippen LogP contribution in [0, 0.1) is 0 Å². The smallest absolute Gasteiger partial charge is 0.185 e. The molecule has 8 heavy (non-hydrogen) atoms. The van der Waals surface area contributed by atoms with Gasteiger partial charge >= 0.3 is 0 Å². The van der Waals surface area contributed by atoms with Crippen LogP contribution in [0.2, 0.25) is 0 Å². The van der Waals surface area contributed by atoms with Gasteiger partial charge in [-0.2, -0.15) is 0 Å². The van der Waals surface area contributed by atoms with Crippen LogP contribution in [0.25, 0.3) is 0 Å². The Balaban J connectivity index is 3.00. The Labute approximate surface area is 51.9 Å². The van der Waals surface area contributed by atoms with Crippen molar-refractivity contribution in [2.24, 2.45) is 0 Å². The largest absolute Gasteiger partial charge is 0.447 e. The van der Waals surface area contributed by atoms with Gasteiger partial charge in [-0.15, -0.1) is 12.6 Å². The van der Waals surface area contributed by atoms with E-state index in [-0.39, 0.29) is 0 Å². The minimum Gasteiger partial charge on any atom is -0.447 e. The van der Waals surface area contributed by atoms with Crippen molar-refractivity contribution in [3.05, 3.63) is 17.9 Å². The standard InChI is InChI=1S/C5H4O2S/c6-3-4-1-2-5(8)7-4/h1-3,8H. The van der Waals surface area contributed by atoms with Crippen LogP contribution >= 0.6 is 12.6 Å². The first-order valence-corrected chi connectivity index (χ1v) is 2.51. The summed E-state index contributed by atoms with van der Waals surface area (Å²) in [6, 6.07) is 3.18. The number of furan rings is 1. The molecular weight excluding hydrogens is 124 g/mol. The van der Waals surface area contributed by atoms with Crippen LogP contribution in [0.5, 0.6) is 0 Å². The SMILES string of the molecule is O=Cc1ccc(S)o1. The zero-order chi connectivity index (χ0) is 5.98. The van der Waals surface area contributed by atoms with E-state index in [1.54, 1.807) is 12.1 Å². The van der Waals surface area contributed by atoms with E-state index in [0.717, 1.165) is 0 Å². The molecule has 0 radical (unpaired) electrons. The fourth-order valence-corrected chi connectivity index (χ4v) is 0.585. The molecule has 1 rings (SSSR count). The van der Waals surface area contributed by atoms with Gasteiger partial charge in [0, 0.05) is 0 Å². The molecule has 0 atom stereocenters. The first kappa shape index (κ1) is 5.44. The molecule has 0 bridgehead atoms. The van der Waals surface area contributed by atoms with E-state index < -0.39 is 0 Å². The lowest BCUT2D eigenvalue weighted by atomic mass is 10.5. The third-order valence-electron chi connectivity index (χ3n) is 0.729. The van der Waals surface area contributed by atoms with E-state index in [1.165, 1.54) is 0 Å². The first-order chi connectivity index (χ1) is 3.83. The summed E-state index contributed by atoms with van der Waals surface area (Å²) in [5.41, 5.74) is 0. The highest BCUT2D eigenvalue weighted by molar-refractivity contribution is 7.80. The molecule has 1 aromatic rings. The highest BCUT2D eigenvalue weighted by Crippen LogP contribution is 2.08. The monoisotopic (exact) mass is 128 g/mol. The molecule has 2 nitrogen and oxygen atoms in total. The fraction of sp³-hybridized carbons (Fsp3) is 0. The first-order valence-electron chi connectivity index (χ1n) is 2.07. The Morgan fingerprint density at radius 1 is 1.62 bits per heavy atom. The molecule has 1 aromatic heterocycles. The minimum absolute atomic E-state index is 0.315. The highest BCUT2D eigenvalue weighted by Gasteiger charge is 1.92. The van der Waals surface area contributed by atoms with E-state index in [2.05, 4.69) is 12.6 Å². The molecule has 0 aliphatic heterocycles.